The molecule has 1 aliphatic carbocycles. The van der Waals surface area contributed by atoms with Crippen LogP contribution in [0.5, 0.6) is 5.75 Å². The molecule has 66 heavy (non-hydrogen) atoms. The van der Waals surface area contributed by atoms with Crippen molar-refractivity contribution in [2.45, 2.75) is 111 Å². The number of aromatic nitrogens is 4. The van der Waals surface area contributed by atoms with Gasteiger partial charge in [0, 0.05) is 84.9 Å². The Morgan fingerprint density at radius 3 is 2.36 bits per heavy atom. The summed E-state index contributed by atoms with van der Waals surface area (Å²) >= 11 is 6.24. The summed E-state index contributed by atoms with van der Waals surface area (Å²) in [6.07, 6.45) is 3.45. The van der Waals surface area contributed by atoms with Gasteiger partial charge in [0.2, 0.25) is 5.91 Å². The number of aliphatic hydroxyl groups excluding tert-OH is 1. The van der Waals surface area contributed by atoms with Crippen LogP contribution in [-0.2, 0) is 20.9 Å². The van der Waals surface area contributed by atoms with Crippen LogP contribution in [0.25, 0.3) is 5.69 Å². The fourth-order valence-corrected chi connectivity index (χ4v) is 9.69. The summed E-state index contributed by atoms with van der Waals surface area (Å²) in [5, 5.41) is 41.9. The molecule has 3 atom stereocenters. The first-order valence-corrected chi connectivity index (χ1v) is 23.0. The molecule has 1 saturated heterocycles. The molecule has 0 radical (unpaired) electrons. The third-order valence-electron chi connectivity index (χ3n) is 12.9. The molecule has 352 valence electrons. The minimum Gasteiger partial charge on any atom is -0.489 e. The van der Waals surface area contributed by atoms with Gasteiger partial charge in [-0.05, 0) is 84.0 Å². The first-order chi connectivity index (χ1) is 31.3. The second-order valence-corrected chi connectivity index (χ2v) is 20.2. The number of carbonyl (C=O) groups is 3. The molecule has 2 amide bonds. The fraction of sp³-hybridized carbons (Fsp3) is 0.500. The van der Waals surface area contributed by atoms with E-state index in [1.807, 2.05) is 69.3 Å². The largest absolute Gasteiger partial charge is 0.489 e. The summed E-state index contributed by atoms with van der Waals surface area (Å²) in [4.78, 5) is 43.8. The number of ether oxygens (including phenoxy) is 2. The topological polar surface area (TPSA) is 197 Å². The van der Waals surface area contributed by atoms with Gasteiger partial charge in [0.15, 0.2) is 12.1 Å². The highest BCUT2D eigenvalue weighted by Crippen LogP contribution is 2.55. The average Bonchev–Trinajstić information content (AvgIpc) is 3.97. The van der Waals surface area contributed by atoms with E-state index in [2.05, 4.69) is 71.7 Å². The van der Waals surface area contributed by atoms with Gasteiger partial charge in [-0.1, -0.05) is 78.8 Å². The number of nitrogens with zero attached hydrogens (tertiary/aromatic N) is 6. The van der Waals surface area contributed by atoms with Crippen LogP contribution in [0.15, 0.2) is 85.3 Å². The van der Waals surface area contributed by atoms with E-state index >= 15 is 0 Å². The zero-order valence-corrected chi connectivity index (χ0v) is 39.9. The molecule has 1 aromatic heterocycles. The molecule has 1 aliphatic heterocycles. The summed E-state index contributed by atoms with van der Waals surface area (Å²) in [5.41, 5.74) is 3.03. The van der Waals surface area contributed by atoms with Crippen molar-refractivity contribution in [1.29, 1.82) is 5.26 Å². The molecule has 2 aliphatic rings. The van der Waals surface area contributed by atoms with Crippen LogP contribution in [0.4, 0.5) is 5.69 Å². The molecule has 0 unspecified atom stereocenters. The van der Waals surface area contributed by atoms with Crippen LogP contribution in [-0.4, -0.2) is 98.4 Å². The van der Waals surface area contributed by atoms with Crippen molar-refractivity contribution in [3.63, 3.8) is 0 Å². The van der Waals surface area contributed by atoms with Gasteiger partial charge in [-0.3, -0.25) is 14.4 Å². The third-order valence-corrected chi connectivity index (χ3v) is 13.2. The number of β-amino-alcohol motifs (C(OH)–C–C–N with tert-alkyl or cyclic N) is 1. The molecule has 0 spiro atoms. The molecule has 6 rings (SSSR count). The van der Waals surface area contributed by atoms with Gasteiger partial charge in [0.05, 0.1) is 28.4 Å². The van der Waals surface area contributed by atoms with Gasteiger partial charge in [0.1, 0.15) is 24.5 Å². The summed E-state index contributed by atoms with van der Waals surface area (Å²) in [7, 11) is 0. The zero-order valence-electron chi connectivity index (χ0n) is 39.1. The molecule has 0 bridgehead atoms. The first kappa shape index (κ1) is 49.6. The van der Waals surface area contributed by atoms with E-state index in [1.54, 1.807) is 23.1 Å². The number of nitriles is 1. The van der Waals surface area contributed by atoms with Crippen LogP contribution < -0.4 is 20.7 Å². The van der Waals surface area contributed by atoms with Gasteiger partial charge >= 0.3 is 0 Å². The number of tetrazole rings is 1. The summed E-state index contributed by atoms with van der Waals surface area (Å²) in [6, 6.07) is 21.7. The van der Waals surface area contributed by atoms with Crippen molar-refractivity contribution in [3.8, 4) is 17.5 Å². The maximum atomic E-state index is 14.1. The van der Waals surface area contributed by atoms with Crippen molar-refractivity contribution < 1.29 is 29.0 Å². The predicted octanol–water partition coefficient (Wildman–Crippen LogP) is 7.28. The van der Waals surface area contributed by atoms with Crippen LogP contribution >= 0.6 is 11.6 Å². The number of halogens is 1. The number of hydrogen-bond donors (Lipinski definition) is 4. The number of nitrogens with one attached hydrogen (secondary N) is 3. The number of anilines is 1. The van der Waals surface area contributed by atoms with E-state index in [4.69, 9.17) is 21.1 Å². The minimum atomic E-state index is -0.694. The number of ketones is 1. The second kappa shape index (κ2) is 21.2. The minimum absolute atomic E-state index is 0.0436. The highest BCUT2D eigenvalue weighted by molar-refractivity contribution is 6.31. The molecule has 1 saturated carbocycles. The van der Waals surface area contributed by atoms with Crippen LogP contribution in [0.1, 0.15) is 102 Å². The molecule has 4 aromatic rings. The van der Waals surface area contributed by atoms with Crippen LogP contribution in [0.3, 0.4) is 0 Å². The molecule has 15 nitrogen and oxygen atoms in total. The molecular weight excluding hydrogens is 858 g/mol. The van der Waals surface area contributed by atoms with Crippen molar-refractivity contribution >= 4 is 34.9 Å². The molecule has 16 heteroatoms. The monoisotopic (exact) mass is 921 g/mol. The Bertz CT molecular complexity index is 2340. The average molecular weight is 923 g/mol. The Kier molecular flexibility index (Phi) is 15.9. The summed E-state index contributed by atoms with van der Waals surface area (Å²) in [6.45, 7) is 20.1. The van der Waals surface area contributed by atoms with Crippen molar-refractivity contribution in [2.75, 3.05) is 31.6 Å². The molecule has 3 aromatic carbocycles. The van der Waals surface area contributed by atoms with Crippen molar-refractivity contribution in [1.82, 2.24) is 35.7 Å². The fourth-order valence-electron chi connectivity index (χ4n) is 9.48. The number of aliphatic hydroxyl groups is 1. The Hall–Kier alpha value is -5.82. The van der Waals surface area contributed by atoms with E-state index in [0.29, 0.717) is 47.2 Å². The maximum Gasteiger partial charge on any atom is 0.251 e. The van der Waals surface area contributed by atoms with E-state index in [9.17, 15) is 24.8 Å². The highest BCUT2D eigenvalue weighted by Gasteiger charge is 2.64. The van der Waals surface area contributed by atoms with Gasteiger partial charge in [-0.2, -0.15) is 5.26 Å². The SMILES string of the molecule is C=C(NCc1ccc(-n2ncnn2)cc1)[C@@H]1C[C@@H](O)CN1C(=O)[C@@H](CC(=O)COCCCCCNc1ccc(C(=O)NC2C(C)(C)C(Oc3ccc(C#N)c(Cl)c3)C2(C)C)cc1)C(C)(C)C. The lowest BCUT2D eigenvalue weighted by Crippen LogP contribution is -2.74. The Morgan fingerprint density at radius 1 is 1.02 bits per heavy atom. The quantitative estimate of drug-likeness (QED) is 0.0611. The van der Waals surface area contributed by atoms with Crippen LogP contribution in [0, 0.1) is 33.5 Å². The lowest BCUT2D eigenvalue weighted by molar-refractivity contribution is -0.164. The number of rotatable bonds is 21. The number of Topliss-reactive ketones (excluding diaryl/α,β-unsaturated/α-hetero) is 1. The van der Waals surface area contributed by atoms with E-state index < -0.39 is 23.5 Å². The summed E-state index contributed by atoms with van der Waals surface area (Å²) in [5.74, 6) is -0.477. The normalized spacial score (nSPS) is 20.1. The lowest BCUT2D eigenvalue weighted by atomic mass is 9.49. The first-order valence-electron chi connectivity index (χ1n) is 22.6. The number of benzene rings is 3. The molecule has 2 fully saturated rings. The van der Waals surface area contributed by atoms with Gasteiger partial charge in [-0.15, -0.1) is 15.0 Å². The molecule has 2 heterocycles. The number of unbranched alkanes of at least 4 members (excludes halogenated alkanes) is 2. The van der Waals surface area contributed by atoms with Gasteiger partial charge in [-0.25, -0.2) is 0 Å². The van der Waals surface area contributed by atoms with Crippen LogP contribution in [0.2, 0.25) is 5.02 Å². The summed E-state index contributed by atoms with van der Waals surface area (Å²) < 4.78 is 12.1. The van der Waals surface area contributed by atoms with Crippen molar-refractivity contribution in [2.24, 2.45) is 22.2 Å². The zero-order chi connectivity index (χ0) is 47.8. The standard InChI is InChI=1S/C50H64ClN9O6/c1-32(54-28-33-12-19-37(20-13-33)60-56-31-55-58-60)43-25-38(61)29-59(43)45(64)41(48(2,3)4)24-39(62)30-65-23-11-9-10-22-53-36-17-14-34(15-18-36)44(63)57-46-49(5,6)47(50(46,7)8)66-40-21-16-35(27-52)42(51)26-40/h12-21,26,31,38,41,43,46-47,53-54,61H,1,9-11,22-25,28-30H2,2-8H3,(H,57,63)/t38-,41-,43+,46?,47?/m1/s1. The smallest absolute Gasteiger partial charge is 0.251 e. The molecule has 4 N–H and O–H groups in total. The predicted molar refractivity (Wildman–Crippen MR) is 253 cm³/mol. The Balaban J connectivity index is 0.875. The Labute approximate surface area is 393 Å². The number of amides is 2. The Morgan fingerprint density at radius 2 is 1.73 bits per heavy atom. The van der Waals surface area contributed by atoms with E-state index in [0.717, 1.165) is 42.7 Å². The van der Waals surface area contributed by atoms with Gasteiger partial charge in [0.25, 0.3) is 5.91 Å². The number of carbonyl (C=O) groups excluding carboxylic acids is 3. The van der Waals surface area contributed by atoms with Crippen molar-refractivity contribution in [3.05, 3.63) is 107 Å². The lowest BCUT2D eigenvalue weighted by Gasteiger charge is -2.63. The van der Waals surface area contributed by atoms with Gasteiger partial charge < -0.3 is 35.4 Å². The number of likely N-dealkylation sites (tertiary alicyclic amines) is 1. The van der Waals surface area contributed by atoms with E-state index in [-0.39, 0.29) is 60.1 Å². The van der Waals surface area contributed by atoms with E-state index in [1.165, 1.54) is 11.1 Å². The number of hydrogen-bond acceptors (Lipinski definition) is 12. The molecular formula is C50H64ClN9O6. The maximum absolute atomic E-state index is 14.1. The third kappa shape index (κ3) is 11.9. The highest BCUT2D eigenvalue weighted by atomic mass is 35.5. The second-order valence-electron chi connectivity index (χ2n) is 19.7.